The molecule has 1 aliphatic rings. The van der Waals surface area contributed by atoms with Crippen LogP contribution in [0.3, 0.4) is 0 Å². The smallest absolute Gasteiger partial charge is 0.335 e. The van der Waals surface area contributed by atoms with Crippen molar-refractivity contribution < 1.29 is 28.2 Å². The maximum atomic E-state index is 14.1. The number of carbonyl (C=O) groups excluding carboxylic acids is 1. The minimum Gasteiger partial charge on any atom is -0.488 e. The minimum absolute atomic E-state index is 0.0550. The van der Waals surface area contributed by atoms with Crippen LogP contribution < -0.4 is 10.1 Å². The van der Waals surface area contributed by atoms with E-state index in [0.29, 0.717) is 40.4 Å². The molecule has 0 fully saturated rings. The summed E-state index contributed by atoms with van der Waals surface area (Å²) in [6, 6.07) is 13.2. The average molecular weight is 498 g/mol. The molecule has 0 spiro atoms. The zero-order valence-corrected chi connectivity index (χ0v) is 19.6. The Kier molecular flexibility index (Phi) is 7.17. The van der Waals surface area contributed by atoms with E-state index in [1.54, 1.807) is 30.3 Å². The number of aromatic carboxylic acids is 1. The van der Waals surface area contributed by atoms with Gasteiger partial charge in [0, 0.05) is 34.8 Å². The molecule has 0 saturated carbocycles. The van der Waals surface area contributed by atoms with Gasteiger partial charge in [0.1, 0.15) is 24.0 Å². The van der Waals surface area contributed by atoms with Gasteiger partial charge in [-0.25, -0.2) is 13.6 Å². The standard InChI is InChI=1S/C27H22ClF2NO4/c1-15(32)31-21-10-17(9-18(11-21)27(33)34)22-3-2-4-23(22)24-12-19(28)6-8-26(24)35-14-16-5-7-20(29)13-25(16)30/h5-13H,2-4,14H2,1H3,(H,31,32)(H,33,34). The summed E-state index contributed by atoms with van der Waals surface area (Å²) in [5, 5.41) is 12.7. The van der Waals surface area contributed by atoms with Crippen LogP contribution in [-0.4, -0.2) is 17.0 Å². The van der Waals surface area contributed by atoms with E-state index in [2.05, 4.69) is 5.32 Å². The average Bonchev–Trinajstić information content (AvgIpc) is 3.28. The fourth-order valence-corrected chi connectivity index (χ4v) is 4.39. The normalized spacial score (nSPS) is 13.1. The first-order chi connectivity index (χ1) is 16.7. The molecule has 0 bridgehead atoms. The maximum Gasteiger partial charge on any atom is 0.335 e. The molecular weight excluding hydrogens is 476 g/mol. The zero-order valence-electron chi connectivity index (χ0n) is 18.8. The van der Waals surface area contributed by atoms with Gasteiger partial charge < -0.3 is 15.2 Å². The highest BCUT2D eigenvalue weighted by Crippen LogP contribution is 2.44. The van der Waals surface area contributed by atoms with Crippen LogP contribution >= 0.6 is 11.6 Å². The van der Waals surface area contributed by atoms with Crippen molar-refractivity contribution in [2.45, 2.75) is 32.8 Å². The Labute approximate surface area is 206 Å². The lowest BCUT2D eigenvalue weighted by atomic mass is 9.94. The van der Waals surface area contributed by atoms with Crippen molar-refractivity contribution in [3.05, 3.63) is 93.5 Å². The van der Waals surface area contributed by atoms with Crippen LogP contribution in [0, 0.1) is 11.6 Å². The summed E-state index contributed by atoms with van der Waals surface area (Å²) >= 11 is 6.29. The Balaban J connectivity index is 1.75. The summed E-state index contributed by atoms with van der Waals surface area (Å²) in [5.41, 5.74) is 3.89. The Bertz CT molecular complexity index is 1350. The first kappa shape index (κ1) is 24.4. The molecule has 8 heteroatoms. The predicted octanol–water partition coefficient (Wildman–Crippen LogP) is 6.95. The van der Waals surface area contributed by atoms with E-state index in [0.717, 1.165) is 23.6 Å². The monoisotopic (exact) mass is 497 g/mol. The number of hydrogen-bond donors (Lipinski definition) is 2. The number of carboxylic acid groups (broad SMARTS) is 1. The predicted molar refractivity (Wildman–Crippen MR) is 131 cm³/mol. The summed E-state index contributed by atoms with van der Waals surface area (Å²) < 4.78 is 33.3. The summed E-state index contributed by atoms with van der Waals surface area (Å²) in [6.45, 7) is 1.25. The molecule has 3 aromatic rings. The van der Waals surface area contributed by atoms with Gasteiger partial charge in [-0.05, 0) is 84.5 Å². The number of carboxylic acids is 1. The maximum absolute atomic E-state index is 14.1. The van der Waals surface area contributed by atoms with E-state index >= 15 is 0 Å². The van der Waals surface area contributed by atoms with Crippen molar-refractivity contribution in [1.29, 1.82) is 0 Å². The number of ether oxygens (including phenoxy) is 1. The van der Waals surface area contributed by atoms with Crippen LogP contribution in [0.5, 0.6) is 5.75 Å². The summed E-state index contributed by atoms with van der Waals surface area (Å²) in [5.74, 6) is -2.30. The highest BCUT2D eigenvalue weighted by Gasteiger charge is 2.23. The van der Waals surface area contributed by atoms with Crippen LogP contribution in [0.1, 0.15) is 53.2 Å². The zero-order chi connectivity index (χ0) is 25.1. The van der Waals surface area contributed by atoms with E-state index in [9.17, 15) is 23.5 Å². The van der Waals surface area contributed by atoms with E-state index in [4.69, 9.17) is 16.3 Å². The number of carbonyl (C=O) groups is 2. The van der Waals surface area contributed by atoms with E-state index in [-0.39, 0.29) is 23.6 Å². The SMILES string of the molecule is CC(=O)Nc1cc(C(=O)O)cc(C2=C(c3cc(Cl)ccc3OCc3ccc(F)cc3F)CCC2)c1. The number of allylic oxidation sites excluding steroid dienone is 2. The molecule has 180 valence electrons. The lowest BCUT2D eigenvalue weighted by molar-refractivity contribution is -0.114. The topological polar surface area (TPSA) is 75.6 Å². The van der Waals surface area contributed by atoms with Crippen LogP contribution in [0.25, 0.3) is 11.1 Å². The van der Waals surface area contributed by atoms with Crippen LogP contribution in [0.2, 0.25) is 5.02 Å². The van der Waals surface area contributed by atoms with Crippen molar-refractivity contribution in [1.82, 2.24) is 0 Å². The third kappa shape index (κ3) is 5.69. The second kappa shape index (κ2) is 10.3. The Hall–Kier alpha value is -3.71. The Morgan fingerprint density at radius 1 is 1.03 bits per heavy atom. The molecule has 3 aromatic carbocycles. The summed E-state index contributed by atoms with van der Waals surface area (Å²) in [7, 11) is 0. The van der Waals surface area contributed by atoms with Gasteiger partial charge in [-0.3, -0.25) is 4.79 Å². The number of rotatable bonds is 7. The summed E-state index contributed by atoms with van der Waals surface area (Å²) in [6.07, 6.45) is 2.22. The highest BCUT2D eigenvalue weighted by molar-refractivity contribution is 6.30. The van der Waals surface area contributed by atoms with Crippen molar-refractivity contribution in [3.63, 3.8) is 0 Å². The molecule has 0 aromatic heterocycles. The molecule has 1 amide bonds. The molecule has 0 saturated heterocycles. The van der Waals surface area contributed by atoms with E-state index in [1.807, 2.05) is 0 Å². The number of halogens is 3. The molecule has 0 atom stereocenters. The largest absolute Gasteiger partial charge is 0.488 e. The van der Waals surface area contributed by atoms with Crippen LogP contribution in [-0.2, 0) is 11.4 Å². The van der Waals surface area contributed by atoms with Crippen molar-refractivity contribution in [2.75, 3.05) is 5.32 Å². The number of amides is 1. The minimum atomic E-state index is -1.10. The van der Waals surface area contributed by atoms with Gasteiger partial charge in [-0.15, -0.1) is 0 Å². The molecular formula is C27H22ClF2NO4. The lowest BCUT2D eigenvalue weighted by Crippen LogP contribution is -2.08. The fourth-order valence-electron chi connectivity index (χ4n) is 4.22. The molecule has 35 heavy (non-hydrogen) atoms. The number of hydrogen-bond acceptors (Lipinski definition) is 3. The first-order valence-corrected chi connectivity index (χ1v) is 11.3. The summed E-state index contributed by atoms with van der Waals surface area (Å²) in [4.78, 5) is 23.3. The first-order valence-electron chi connectivity index (χ1n) is 11.0. The van der Waals surface area contributed by atoms with Gasteiger partial charge in [0.25, 0.3) is 0 Å². The molecule has 0 heterocycles. The van der Waals surface area contributed by atoms with Crippen molar-refractivity contribution in [3.8, 4) is 5.75 Å². The van der Waals surface area contributed by atoms with Crippen LogP contribution in [0.15, 0.2) is 54.6 Å². The second-order valence-corrected chi connectivity index (χ2v) is 8.70. The fraction of sp³-hybridized carbons (Fsp3) is 0.185. The number of nitrogens with one attached hydrogen (secondary N) is 1. The van der Waals surface area contributed by atoms with Gasteiger partial charge in [0.2, 0.25) is 5.91 Å². The quantitative estimate of drug-likeness (QED) is 0.370. The van der Waals surface area contributed by atoms with Gasteiger partial charge in [-0.1, -0.05) is 11.6 Å². The lowest BCUT2D eigenvalue weighted by Gasteiger charge is -2.16. The van der Waals surface area contributed by atoms with Crippen molar-refractivity contribution in [2.24, 2.45) is 0 Å². The van der Waals surface area contributed by atoms with Gasteiger partial charge in [-0.2, -0.15) is 0 Å². The molecule has 5 nitrogen and oxygen atoms in total. The Morgan fingerprint density at radius 3 is 2.51 bits per heavy atom. The molecule has 4 rings (SSSR count). The second-order valence-electron chi connectivity index (χ2n) is 8.26. The van der Waals surface area contributed by atoms with Gasteiger partial charge >= 0.3 is 5.97 Å². The Morgan fingerprint density at radius 2 is 1.80 bits per heavy atom. The molecule has 0 unspecified atom stereocenters. The number of anilines is 1. The van der Waals surface area contributed by atoms with Crippen LogP contribution in [0.4, 0.5) is 14.5 Å². The third-order valence-electron chi connectivity index (χ3n) is 5.73. The molecule has 0 aliphatic heterocycles. The third-order valence-corrected chi connectivity index (χ3v) is 5.97. The van der Waals surface area contributed by atoms with Gasteiger partial charge in [0.15, 0.2) is 0 Å². The van der Waals surface area contributed by atoms with Gasteiger partial charge in [0.05, 0.1) is 5.56 Å². The van der Waals surface area contributed by atoms with Crippen molar-refractivity contribution >= 4 is 40.3 Å². The number of benzene rings is 3. The van der Waals surface area contributed by atoms with E-state index < -0.39 is 17.6 Å². The molecule has 0 radical (unpaired) electrons. The molecule has 1 aliphatic carbocycles. The van der Waals surface area contributed by atoms with E-state index in [1.165, 1.54) is 25.1 Å². The molecule has 2 N–H and O–H groups in total. The highest BCUT2D eigenvalue weighted by atomic mass is 35.5.